The van der Waals surface area contributed by atoms with E-state index >= 15 is 0 Å². The lowest BCUT2D eigenvalue weighted by atomic mass is 9.95. The molecule has 0 unspecified atom stereocenters. The second kappa shape index (κ2) is 7.29. The zero-order valence-electron chi connectivity index (χ0n) is 11.3. The van der Waals surface area contributed by atoms with E-state index in [2.05, 4.69) is 10.6 Å². The smallest absolute Gasteiger partial charge is 0.251 e. The Labute approximate surface area is 123 Å². The van der Waals surface area contributed by atoms with Gasteiger partial charge in [0.1, 0.15) is 0 Å². The molecule has 1 saturated carbocycles. The van der Waals surface area contributed by atoms with Crippen LogP contribution < -0.4 is 10.6 Å². The average Bonchev–Trinajstić information content (AvgIpc) is 2.46. The van der Waals surface area contributed by atoms with Crippen LogP contribution in [0.15, 0.2) is 24.3 Å². The Morgan fingerprint density at radius 1 is 1.20 bits per heavy atom. The Balaban J connectivity index is 1.76. The fourth-order valence-electron chi connectivity index (χ4n) is 2.42. The molecule has 0 heterocycles. The minimum absolute atomic E-state index is 0.00183. The SMILES string of the molecule is O=C(CNC(=O)c1cccc(Cl)c1)NC1CCCCC1. The molecule has 1 aromatic carbocycles. The lowest BCUT2D eigenvalue weighted by Crippen LogP contribution is -2.42. The minimum atomic E-state index is -0.286. The summed E-state index contributed by atoms with van der Waals surface area (Å²) < 4.78 is 0. The van der Waals surface area contributed by atoms with E-state index < -0.39 is 0 Å². The molecule has 2 N–H and O–H groups in total. The molecule has 2 rings (SSSR count). The zero-order chi connectivity index (χ0) is 14.4. The number of nitrogens with one attached hydrogen (secondary N) is 2. The second-order valence-electron chi connectivity index (χ2n) is 5.10. The van der Waals surface area contributed by atoms with E-state index in [0.29, 0.717) is 10.6 Å². The number of carbonyl (C=O) groups excluding carboxylic acids is 2. The molecule has 0 spiro atoms. The van der Waals surface area contributed by atoms with Crippen LogP contribution in [0.3, 0.4) is 0 Å². The van der Waals surface area contributed by atoms with Crippen molar-refractivity contribution in [2.75, 3.05) is 6.54 Å². The maximum atomic E-state index is 11.8. The molecule has 5 heteroatoms. The van der Waals surface area contributed by atoms with Gasteiger partial charge in [0, 0.05) is 16.6 Å². The van der Waals surface area contributed by atoms with E-state index in [9.17, 15) is 9.59 Å². The quantitative estimate of drug-likeness (QED) is 0.896. The number of halogens is 1. The number of hydrogen-bond donors (Lipinski definition) is 2. The van der Waals surface area contributed by atoms with Gasteiger partial charge in [-0.15, -0.1) is 0 Å². The van der Waals surface area contributed by atoms with E-state index in [0.717, 1.165) is 12.8 Å². The summed E-state index contributed by atoms with van der Waals surface area (Å²) >= 11 is 5.82. The Morgan fingerprint density at radius 3 is 2.65 bits per heavy atom. The van der Waals surface area contributed by atoms with Gasteiger partial charge in [-0.2, -0.15) is 0 Å². The van der Waals surface area contributed by atoms with Crippen molar-refractivity contribution in [3.8, 4) is 0 Å². The molecule has 0 saturated heterocycles. The van der Waals surface area contributed by atoms with Crippen molar-refractivity contribution in [1.29, 1.82) is 0 Å². The highest BCUT2D eigenvalue weighted by Gasteiger charge is 2.16. The maximum Gasteiger partial charge on any atom is 0.251 e. The molecule has 0 aromatic heterocycles. The summed E-state index contributed by atoms with van der Waals surface area (Å²) in [5.74, 6) is -0.418. The Hall–Kier alpha value is -1.55. The average molecular weight is 295 g/mol. The topological polar surface area (TPSA) is 58.2 Å². The van der Waals surface area contributed by atoms with Crippen LogP contribution in [0.25, 0.3) is 0 Å². The third-order valence-electron chi connectivity index (χ3n) is 3.47. The maximum absolute atomic E-state index is 11.8. The summed E-state index contributed by atoms with van der Waals surface area (Å²) in [5, 5.41) is 6.07. The lowest BCUT2D eigenvalue weighted by molar-refractivity contribution is -0.121. The first kappa shape index (κ1) is 14.9. The second-order valence-corrected chi connectivity index (χ2v) is 5.53. The molecule has 1 aliphatic carbocycles. The predicted octanol–water partition coefficient (Wildman–Crippen LogP) is 2.52. The summed E-state index contributed by atoms with van der Waals surface area (Å²) in [6.45, 7) is 0.00183. The summed E-state index contributed by atoms with van der Waals surface area (Å²) in [4.78, 5) is 23.6. The predicted molar refractivity (Wildman–Crippen MR) is 78.8 cm³/mol. The third kappa shape index (κ3) is 4.53. The van der Waals surface area contributed by atoms with Gasteiger partial charge in [0.25, 0.3) is 5.91 Å². The molecule has 1 fully saturated rings. The summed E-state index contributed by atoms with van der Waals surface area (Å²) in [5.41, 5.74) is 0.461. The fourth-order valence-corrected chi connectivity index (χ4v) is 2.61. The van der Waals surface area contributed by atoms with Crippen LogP contribution >= 0.6 is 11.6 Å². The monoisotopic (exact) mass is 294 g/mol. The van der Waals surface area contributed by atoms with Crippen LogP contribution in [0, 0.1) is 0 Å². The molecular weight excluding hydrogens is 276 g/mol. The molecule has 1 aliphatic rings. The Bertz CT molecular complexity index is 485. The van der Waals surface area contributed by atoms with Gasteiger partial charge in [-0.1, -0.05) is 36.9 Å². The molecule has 108 valence electrons. The van der Waals surface area contributed by atoms with Crippen LogP contribution in [0.5, 0.6) is 0 Å². The van der Waals surface area contributed by atoms with Crippen LogP contribution in [-0.2, 0) is 4.79 Å². The van der Waals surface area contributed by atoms with Crippen LogP contribution in [-0.4, -0.2) is 24.4 Å². The number of hydrogen-bond acceptors (Lipinski definition) is 2. The fraction of sp³-hybridized carbons (Fsp3) is 0.467. The van der Waals surface area contributed by atoms with Crippen LogP contribution in [0.2, 0.25) is 5.02 Å². The van der Waals surface area contributed by atoms with Crippen LogP contribution in [0.1, 0.15) is 42.5 Å². The number of benzene rings is 1. The lowest BCUT2D eigenvalue weighted by Gasteiger charge is -2.22. The molecule has 20 heavy (non-hydrogen) atoms. The number of rotatable bonds is 4. The van der Waals surface area contributed by atoms with E-state index in [1.807, 2.05) is 0 Å². The van der Waals surface area contributed by atoms with Gasteiger partial charge < -0.3 is 10.6 Å². The first-order chi connectivity index (χ1) is 9.65. The van der Waals surface area contributed by atoms with Crippen molar-refractivity contribution in [3.05, 3.63) is 34.9 Å². The molecule has 0 atom stereocenters. The number of amides is 2. The van der Waals surface area contributed by atoms with Crippen LogP contribution in [0.4, 0.5) is 0 Å². The van der Waals surface area contributed by atoms with Gasteiger partial charge in [-0.3, -0.25) is 9.59 Å². The van der Waals surface area contributed by atoms with Crippen molar-refractivity contribution >= 4 is 23.4 Å². The Kier molecular flexibility index (Phi) is 5.41. The van der Waals surface area contributed by atoms with E-state index in [1.54, 1.807) is 24.3 Å². The summed E-state index contributed by atoms with van der Waals surface area (Å²) in [6, 6.07) is 6.92. The highest BCUT2D eigenvalue weighted by atomic mass is 35.5. The molecule has 0 aliphatic heterocycles. The van der Waals surface area contributed by atoms with E-state index in [1.165, 1.54) is 19.3 Å². The van der Waals surface area contributed by atoms with E-state index in [4.69, 9.17) is 11.6 Å². The zero-order valence-corrected chi connectivity index (χ0v) is 12.1. The molecule has 0 bridgehead atoms. The van der Waals surface area contributed by atoms with Gasteiger partial charge >= 0.3 is 0 Å². The first-order valence-electron chi connectivity index (χ1n) is 6.98. The van der Waals surface area contributed by atoms with Gasteiger partial charge in [-0.25, -0.2) is 0 Å². The summed E-state index contributed by atoms with van der Waals surface area (Å²) in [7, 11) is 0. The Morgan fingerprint density at radius 2 is 1.95 bits per heavy atom. The largest absolute Gasteiger partial charge is 0.352 e. The molecule has 0 radical (unpaired) electrons. The standard InChI is InChI=1S/C15H19ClN2O2/c16-12-6-4-5-11(9-12)15(20)17-10-14(19)18-13-7-2-1-3-8-13/h4-6,9,13H,1-3,7-8,10H2,(H,17,20)(H,18,19). The van der Waals surface area contributed by atoms with Crippen molar-refractivity contribution in [3.63, 3.8) is 0 Å². The van der Waals surface area contributed by atoms with Gasteiger partial charge in [0.05, 0.1) is 6.54 Å². The van der Waals surface area contributed by atoms with Crippen molar-refractivity contribution in [2.45, 2.75) is 38.1 Å². The molecule has 2 amide bonds. The minimum Gasteiger partial charge on any atom is -0.352 e. The molecular formula is C15H19ClN2O2. The van der Waals surface area contributed by atoms with Crippen molar-refractivity contribution in [1.82, 2.24) is 10.6 Å². The van der Waals surface area contributed by atoms with Crippen molar-refractivity contribution in [2.24, 2.45) is 0 Å². The normalized spacial score (nSPS) is 15.7. The molecule has 4 nitrogen and oxygen atoms in total. The van der Waals surface area contributed by atoms with Gasteiger partial charge in [0.2, 0.25) is 5.91 Å². The third-order valence-corrected chi connectivity index (χ3v) is 3.70. The highest BCUT2D eigenvalue weighted by Crippen LogP contribution is 2.17. The van der Waals surface area contributed by atoms with Gasteiger partial charge in [0.15, 0.2) is 0 Å². The first-order valence-corrected chi connectivity index (χ1v) is 7.36. The van der Waals surface area contributed by atoms with E-state index in [-0.39, 0.29) is 24.4 Å². The molecule has 1 aromatic rings. The number of carbonyl (C=O) groups is 2. The summed E-state index contributed by atoms with van der Waals surface area (Å²) in [6.07, 6.45) is 5.65. The van der Waals surface area contributed by atoms with Gasteiger partial charge in [-0.05, 0) is 31.0 Å². The highest BCUT2D eigenvalue weighted by molar-refractivity contribution is 6.30. The van der Waals surface area contributed by atoms with Crippen molar-refractivity contribution < 1.29 is 9.59 Å².